The molecular weight excluding hydrogens is 529 g/mol. The van der Waals surface area contributed by atoms with Gasteiger partial charge in [-0.05, 0) is 66.7 Å². The Bertz CT molecular complexity index is 1610. The molecule has 15 heteroatoms. The molecule has 198 valence electrons. The Morgan fingerprint density at radius 2 is 1.71 bits per heavy atom. The second-order valence-corrected chi connectivity index (χ2v) is 9.36. The number of anilines is 2. The van der Waals surface area contributed by atoms with Crippen LogP contribution in [-0.2, 0) is 16.2 Å². The van der Waals surface area contributed by atoms with E-state index in [1.165, 1.54) is 61.7 Å². The lowest BCUT2D eigenvalue weighted by molar-refractivity contribution is -0.137. The van der Waals surface area contributed by atoms with Gasteiger partial charge in [0.2, 0.25) is 5.95 Å². The largest absolute Gasteiger partial charge is 0.497 e. The lowest BCUT2D eigenvalue weighted by Gasteiger charge is -2.09. The lowest BCUT2D eigenvalue weighted by atomic mass is 10.2. The first kappa shape index (κ1) is 26.4. The van der Waals surface area contributed by atoms with E-state index in [-0.39, 0.29) is 22.1 Å². The molecule has 1 heterocycles. The van der Waals surface area contributed by atoms with Crippen molar-refractivity contribution in [3.05, 3.63) is 94.4 Å². The highest BCUT2D eigenvalue weighted by Crippen LogP contribution is 2.30. The van der Waals surface area contributed by atoms with E-state index < -0.39 is 33.4 Å². The zero-order valence-corrected chi connectivity index (χ0v) is 20.2. The van der Waals surface area contributed by atoms with Gasteiger partial charge in [-0.2, -0.15) is 17.9 Å². The topological polar surface area (TPSA) is 147 Å². The van der Waals surface area contributed by atoms with E-state index in [2.05, 4.69) is 20.8 Å². The summed E-state index contributed by atoms with van der Waals surface area (Å²) in [7, 11) is -2.59. The highest BCUT2D eigenvalue weighted by Gasteiger charge is 2.30. The summed E-state index contributed by atoms with van der Waals surface area (Å²) in [4.78, 5) is 28.9. The number of methoxy groups -OCH3 is 1. The summed E-state index contributed by atoms with van der Waals surface area (Å²) in [5.41, 5.74) is 0.808. The van der Waals surface area contributed by atoms with E-state index in [1.54, 1.807) is 0 Å². The Morgan fingerprint density at radius 1 is 1.03 bits per heavy atom. The quantitative estimate of drug-likeness (QED) is 0.248. The number of hydrogen-bond donors (Lipinski definition) is 4. The van der Waals surface area contributed by atoms with Crippen LogP contribution in [0.5, 0.6) is 5.75 Å². The van der Waals surface area contributed by atoms with E-state index in [9.17, 15) is 31.2 Å². The van der Waals surface area contributed by atoms with Crippen LogP contribution in [0.2, 0.25) is 0 Å². The summed E-state index contributed by atoms with van der Waals surface area (Å²) < 4.78 is 69.4. The lowest BCUT2D eigenvalue weighted by Crippen LogP contribution is -2.41. The molecule has 0 aliphatic heterocycles. The monoisotopic (exact) mass is 548 g/mol. The van der Waals surface area contributed by atoms with Crippen LogP contribution in [0.4, 0.5) is 24.8 Å². The Balaban J connectivity index is 1.41. The molecule has 0 unspecified atom stereocenters. The van der Waals surface area contributed by atoms with E-state index >= 15 is 0 Å². The fourth-order valence-corrected chi connectivity index (χ4v) is 4.05. The van der Waals surface area contributed by atoms with Crippen LogP contribution in [0.3, 0.4) is 0 Å². The zero-order valence-electron chi connectivity index (χ0n) is 19.4. The van der Waals surface area contributed by atoms with Crippen molar-refractivity contribution in [2.24, 2.45) is 0 Å². The predicted molar refractivity (Wildman–Crippen MR) is 130 cm³/mol. The zero-order chi connectivity index (χ0) is 27.5. The van der Waals surface area contributed by atoms with Crippen molar-refractivity contribution in [1.82, 2.24) is 25.0 Å². The molecule has 0 radical (unpaired) electrons. The normalized spacial score (nSPS) is 11.7. The third-order valence-corrected chi connectivity index (χ3v) is 6.38. The molecule has 0 saturated heterocycles. The van der Waals surface area contributed by atoms with Crippen LogP contribution in [0.15, 0.2) is 82.5 Å². The van der Waals surface area contributed by atoms with E-state index in [0.29, 0.717) is 11.4 Å². The molecule has 0 atom stereocenters. The minimum Gasteiger partial charge on any atom is -0.497 e. The second-order valence-electron chi connectivity index (χ2n) is 7.68. The van der Waals surface area contributed by atoms with Crippen LogP contribution in [-0.4, -0.2) is 36.2 Å². The molecule has 4 aromatic rings. The number of amides is 1. The van der Waals surface area contributed by atoms with Crippen molar-refractivity contribution in [3.8, 4) is 11.4 Å². The van der Waals surface area contributed by atoms with Crippen molar-refractivity contribution >= 4 is 27.6 Å². The van der Waals surface area contributed by atoms with Gasteiger partial charge < -0.3 is 10.1 Å². The highest BCUT2D eigenvalue weighted by atomic mass is 32.2. The molecule has 3 aromatic carbocycles. The fourth-order valence-electron chi connectivity index (χ4n) is 3.21. The predicted octanol–water partition coefficient (Wildman–Crippen LogP) is 2.95. The molecule has 0 aliphatic rings. The number of alkyl halides is 3. The number of aromatic amines is 1. The first-order valence-corrected chi connectivity index (χ1v) is 12.1. The Labute approximate surface area is 213 Å². The fraction of sp³-hybridized carbons (Fsp3) is 0.0870. The number of benzene rings is 3. The van der Waals surface area contributed by atoms with E-state index in [1.807, 2.05) is 4.83 Å². The van der Waals surface area contributed by atoms with Gasteiger partial charge in [0.1, 0.15) is 5.75 Å². The van der Waals surface area contributed by atoms with Gasteiger partial charge in [0, 0.05) is 11.3 Å². The summed E-state index contributed by atoms with van der Waals surface area (Å²) in [6, 6.07) is 15.3. The minimum atomic E-state index is -4.58. The summed E-state index contributed by atoms with van der Waals surface area (Å²) >= 11 is 0. The maximum Gasteiger partial charge on any atom is 0.416 e. The summed E-state index contributed by atoms with van der Waals surface area (Å²) in [6.45, 7) is 0. The molecule has 0 spiro atoms. The number of halogens is 3. The number of rotatable bonds is 8. The number of ether oxygens (including phenoxy) is 1. The molecule has 0 bridgehead atoms. The van der Waals surface area contributed by atoms with Crippen molar-refractivity contribution in [3.63, 3.8) is 0 Å². The van der Waals surface area contributed by atoms with Crippen LogP contribution < -0.4 is 26.0 Å². The Kier molecular flexibility index (Phi) is 7.23. The molecule has 11 nitrogen and oxygen atoms in total. The molecule has 4 N–H and O–H groups in total. The molecule has 0 fully saturated rings. The van der Waals surface area contributed by atoms with Gasteiger partial charge in [-0.25, -0.2) is 13.2 Å². The number of nitrogens with one attached hydrogen (secondary N) is 4. The maximum atomic E-state index is 13.0. The maximum absolute atomic E-state index is 13.0. The molecule has 0 aliphatic carbocycles. The van der Waals surface area contributed by atoms with Crippen molar-refractivity contribution in [1.29, 1.82) is 0 Å². The number of hydrogen-bond acceptors (Lipinski definition) is 7. The molecule has 4 rings (SSSR count). The van der Waals surface area contributed by atoms with Gasteiger partial charge >= 0.3 is 11.9 Å². The van der Waals surface area contributed by atoms with E-state index in [4.69, 9.17) is 4.74 Å². The number of H-pyrrole nitrogens is 1. The standard InChI is InChI=1S/C23H19F3N6O5S/c1-37-18-9-11-19(12-10-18)38(35,36)31-29-20(33)14-5-7-16(8-6-14)27-21-28-22(34)32(30-21)17-4-2-3-15(13-17)23(24,25)26/h2-13,31H,1H3,(H,29,33)(H2,27,28,30,34). The van der Waals surface area contributed by atoms with Crippen LogP contribution in [0.1, 0.15) is 15.9 Å². The van der Waals surface area contributed by atoms with Gasteiger partial charge in [0.15, 0.2) is 0 Å². The van der Waals surface area contributed by atoms with Crippen molar-refractivity contribution in [2.75, 3.05) is 12.4 Å². The van der Waals surface area contributed by atoms with Gasteiger partial charge in [-0.15, -0.1) is 9.93 Å². The number of nitrogens with zero attached hydrogens (tertiary/aromatic N) is 2. The molecule has 1 amide bonds. The first-order chi connectivity index (χ1) is 18.0. The van der Waals surface area contributed by atoms with Crippen LogP contribution in [0, 0.1) is 0 Å². The number of carbonyl (C=O) groups excluding carboxylic acids is 1. The number of aromatic nitrogens is 3. The molecule has 38 heavy (non-hydrogen) atoms. The average Bonchev–Trinajstić information content (AvgIpc) is 3.27. The Hall–Kier alpha value is -4.63. The van der Waals surface area contributed by atoms with Gasteiger partial charge in [-0.3, -0.25) is 15.2 Å². The van der Waals surface area contributed by atoms with Crippen LogP contribution >= 0.6 is 0 Å². The summed E-state index contributed by atoms with van der Waals surface area (Å²) in [5, 5.41) is 6.73. The number of hydrazine groups is 1. The highest BCUT2D eigenvalue weighted by molar-refractivity contribution is 7.89. The average molecular weight is 549 g/mol. The van der Waals surface area contributed by atoms with Gasteiger partial charge in [-0.1, -0.05) is 6.07 Å². The first-order valence-electron chi connectivity index (χ1n) is 10.7. The van der Waals surface area contributed by atoms with Crippen molar-refractivity contribution < 1.29 is 31.1 Å². The van der Waals surface area contributed by atoms with E-state index in [0.717, 1.165) is 22.9 Å². The number of sulfonamides is 1. The van der Waals surface area contributed by atoms with Gasteiger partial charge in [0.05, 0.1) is 23.3 Å². The Morgan fingerprint density at radius 3 is 2.34 bits per heavy atom. The second kappa shape index (κ2) is 10.4. The smallest absolute Gasteiger partial charge is 0.416 e. The third kappa shape index (κ3) is 6.01. The van der Waals surface area contributed by atoms with Gasteiger partial charge in [0.25, 0.3) is 15.9 Å². The molecular formula is C23H19F3N6O5S. The summed E-state index contributed by atoms with van der Waals surface area (Å²) in [6.07, 6.45) is -4.58. The SMILES string of the molecule is COc1ccc(S(=O)(=O)NNC(=O)c2ccc(Nc3nn(-c4cccc(C(F)(F)F)c4)c(=O)[nH]3)cc2)cc1. The number of carbonyl (C=O) groups is 1. The third-order valence-electron chi connectivity index (χ3n) is 5.11. The minimum absolute atomic E-state index is 0.0585. The molecule has 1 aromatic heterocycles. The molecule has 0 saturated carbocycles. The van der Waals surface area contributed by atoms with Crippen molar-refractivity contribution in [2.45, 2.75) is 11.1 Å². The summed E-state index contributed by atoms with van der Waals surface area (Å²) in [5.74, 6) is -0.332. The van der Waals surface area contributed by atoms with Crippen LogP contribution in [0.25, 0.3) is 5.69 Å².